The topological polar surface area (TPSA) is 48.1 Å². The Morgan fingerprint density at radius 3 is 2.35 bits per heavy atom. The number of alkyl halides is 3. The largest absolute Gasteiger partial charge is 0.494 e. The van der Waals surface area contributed by atoms with E-state index in [0.29, 0.717) is 0 Å². The zero-order chi connectivity index (χ0) is 13.4. The van der Waals surface area contributed by atoms with Gasteiger partial charge in [-0.15, -0.1) is 0 Å². The van der Waals surface area contributed by atoms with Crippen LogP contribution < -0.4 is 10.5 Å². The van der Waals surface area contributed by atoms with Crippen LogP contribution in [-0.2, 0) is 0 Å². The summed E-state index contributed by atoms with van der Waals surface area (Å²) in [6.07, 6.45) is -4.42. The van der Waals surface area contributed by atoms with Gasteiger partial charge in [0.2, 0.25) is 6.17 Å². The Morgan fingerprint density at radius 1 is 1.47 bits per heavy atom. The number of rotatable bonds is 3. The monoisotopic (exact) mass is 270 g/mol. The number of hydrogen-bond acceptors (Lipinski definition) is 3. The Balaban J connectivity index is 0.000000770. The van der Waals surface area contributed by atoms with E-state index in [-0.39, 0.29) is 10.8 Å². The quantitative estimate of drug-likeness (QED) is 0.918. The molecule has 98 valence electrons. The Morgan fingerprint density at radius 2 is 2.00 bits per heavy atom. The lowest BCUT2D eigenvalue weighted by atomic mass is 10.2. The molecule has 2 N–H and O–H groups in total. The molecule has 0 aliphatic rings. The molecule has 0 saturated carbocycles. The van der Waals surface area contributed by atoms with Crippen molar-refractivity contribution in [3.8, 4) is 5.75 Å². The molecule has 0 aromatic carbocycles. The van der Waals surface area contributed by atoms with Crippen molar-refractivity contribution < 1.29 is 17.9 Å². The van der Waals surface area contributed by atoms with E-state index in [0.717, 1.165) is 18.8 Å². The number of nitrogens with two attached hydrogens (primary N) is 1. The van der Waals surface area contributed by atoms with Crippen molar-refractivity contribution in [2.24, 2.45) is 5.73 Å². The van der Waals surface area contributed by atoms with Crippen molar-refractivity contribution >= 4 is 11.6 Å². The van der Waals surface area contributed by atoms with Crippen molar-refractivity contribution in [2.75, 3.05) is 13.7 Å². The Labute approximate surface area is 103 Å². The van der Waals surface area contributed by atoms with Gasteiger partial charge in [0.1, 0.15) is 0 Å². The molecule has 1 unspecified atom stereocenters. The molecule has 17 heavy (non-hydrogen) atoms. The number of aromatic nitrogens is 1. The first-order valence-electron chi connectivity index (χ1n) is 4.79. The van der Waals surface area contributed by atoms with Gasteiger partial charge >= 0.3 is 0 Å². The second-order valence-electron chi connectivity index (χ2n) is 2.89. The highest BCUT2D eigenvalue weighted by atomic mass is 35.5. The van der Waals surface area contributed by atoms with Crippen LogP contribution in [0.4, 0.5) is 13.2 Å². The van der Waals surface area contributed by atoms with Crippen molar-refractivity contribution in [1.29, 1.82) is 0 Å². The number of ether oxygens (including phenoxy) is 1. The lowest BCUT2D eigenvalue weighted by Crippen LogP contribution is -2.05. The smallest absolute Gasteiger partial charge is 0.275 e. The maximum Gasteiger partial charge on any atom is 0.275 e. The summed E-state index contributed by atoms with van der Waals surface area (Å²) in [4.78, 5) is 3.47. The third kappa shape index (κ3) is 5.23. The average molecular weight is 271 g/mol. The molecule has 0 radical (unpaired) electrons. The van der Waals surface area contributed by atoms with E-state index in [2.05, 4.69) is 4.98 Å². The molecular formula is C10H14ClF3N2O. The number of halogens is 4. The minimum Gasteiger partial charge on any atom is -0.494 e. The van der Waals surface area contributed by atoms with Crippen LogP contribution in [-0.4, -0.2) is 25.1 Å². The summed E-state index contributed by atoms with van der Waals surface area (Å²) in [6.45, 7) is 2.65. The fourth-order valence-electron chi connectivity index (χ4n) is 0.863. The van der Waals surface area contributed by atoms with Crippen LogP contribution in [0.3, 0.4) is 0 Å². The highest BCUT2D eigenvalue weighted by Gasteiger charge is 2.23. The lowest BCUT2D eigenvalue weighted by Gasteiger charge is -2.08. The Hall–Kier alpha value is -1.01. The number of hydrogen-bond donors (Lipinski definition) is 1. The van der Waals surface area contributed by atoms with Gasteiger partial charge in [0.25, 0.3) is 6.43 Å². The van der Waals surface area contributed by atoms with Gasteiger partial charge in [-0.05, 0) is 12.6 Å². The van der Waals surface area contributed by atoms with Crippen LogP contribution in [0, 0.1) is 0 Å². The zero-order valence-electron chi connectivity index (χ0n) is 9.46. The van der Waals surface area contributed by atoms with Crippen molar-refractivity contribution in [1.82, 2.24) is 4.98 Å². The molecule has 1 aromatic rings. The van der Waals surface area contributed by atoms with E-state index in [1.807, 2.05) is 6.92 Å². The summed E-state index contributed by atoms with van der Waals surface area (Å²) in [5.74, 6) is 0.219. The lowest BCUT2D eigenvalue weighted by molar-refractivity contribution is 0.0472. The predicted octanol–water partition coefficient (Wildman–Crippen LogP) is 2.98. The summed E-state index contributed by atoms with van der Waals surface area (Å²) in [5.41, 5.74) is 4.45. The normalized spacial score (nSPS) is 11.8. The minimum atomic E-state index is -3.10. The van der Waals surface area contributed by atoms with Crippen LogP contribution in [0.2, 0.25) is 5.02 Å². The molecule has 0 spiro atoms. The van der Waals surface area contributed by atoms with Crippen LogP contribution in [0.1, 0.15) is 18.8 Å². The molecule has 1 aromatic heterocycles. The fourth-order valence-corrected chi connectivity index (χ4v) is 1.10. The van der Waals surface area contributed by atoms with E-state index in [1.54, 1.807) is 0 Å². The fraction of sp³-hybridized carbons (Fsp3) is 0.500. The van der Waals surface area contributed by atoms with E-state index < -0.39 is 18.3 Å². The van der Waals surface area contributed by atoms with Crippen molar-refractivity contribution in [3.63, 3.8) is 0 Å². The molecule has 3 nitrogen and oxygen atoms in total. The Bertz CT molecular complexity index is 339. The van der Waals surface area contributed by atoms with Gasteiger partial charge in [-0.2, -0.15) is 0 Å². The molecular weight excluding hydrogens is 257 g/mol. The third-order valence-corrected chi connectivity index (χ3v) is 1.86. The highest BCUT2D eigenvalue weighted by molar-refractivity contribution is 6.32. The van der Waals surface area contributed by atoms with Crippen LogP contribution in [0.5, 0.6) is 5.75 Å². The summed E-state index contributed by atoms with van der Waals surface area (Å²) in [6, 6.07) is 1.03. The molecule has 0 aliphatic carbocycles. The van der Waals surface area contributed by atoms with Crippen LogP contribution >= 0.6 is 11.6 Å². The predicted molar refractivity (Wildman–Crippen MR) is 60.4 cm³/mol. The van der Waals surface area contributed by atoms with Gasteiger partial charge in [-0.1, -0.05) is 18.5 Å². The minimum absolute atomic E-state index is 0.0563. The van der Waals surface area contributed by atoms with E-state index >= 15 is 0 Å². The van der Waals surface area contributed by atoms with Crippen LogP contribution in [0.15, 0.2) is 12.3 Å². The van der Waals surface area contributed by atoms with Crippen molar-refractivity contribution in [3.05, 3.63) is 23.0 Å². The van der Waals surface area contributed by atoms with E-state index in [9.17, 15) is 13.2 Å². The molecule has 0 aliphatic heterocycles. The summed E-state index contributed by atoms with van der Waals surface area (Å²) < 4.78 is 41.4. The molecule has 1 rings (SSSR count). The first-order chi connectivity index (χ1) is 7.97. The second kappa shape index (κ2) is 8.14. The van der Waals surface area contributed by atoms with Gasteiger partial charge in [-0.25, -0.2) is 13.2 Å². The summed E-state index contributed by atoms with van der Waals surface area (Å²) in [7, 11) is 1.35. The second-order valence-corrected chi connectivity index (χ2v) is 3.30. The maximum absolute atomic E-state index is 12.8. The molecule has 0 bridgehead atoms. The molecule has 1 atom stereocenters. The highest BCUT2D eigenvalue weighted by Crippen LogP contribution is 2.29. The SMILES string of the molecule is CCN.COc1cnc(C(F)C(F)F)cc1Cl. The Kier molecular flexibility index (Phi) is 7.65. The van der Waals surface area contributed by atoms with E-state index in [4.69, 9.17) is 22.1 Å². The van der Waals surface area contributed by atoms with Gasteiger partial charge in [0.15, 0.2) is 5.75 Å². The first-order valence-corrected chi connectivity index (χ1v) is 5.17. The molecule has 0 fully saturated rings. The number of pyridine rings is 1. The third-order valence-electron chi connectivity index (χ3n) is 1.56. The average Bonchev–Trinajstić information content (AvgIpc) is 2.28. The molecule has 0 amide bonds. The molecule has 7 heteroatoms. The summed E-state index contributed by atoms with van der Waals surface area (Å²) >= 11 is 5.60. The van der Waals surface area contributed by atoms with Crippen molar-refractivity contribution in [2.45, 2.75) is 19.5 Å². The molecule has 0 saturated heterocycles. The number of methoxy groups -OCH3 is 1. The summed E-state index contributed by atoms with van der Waals surface area (Å²) in [5, 5.41) is 0.0563. The molecule has 1 heterocycles. The van der Waals surface area contributed by atoms with Gasteiger partial charge in [0, 0.05) is 0 Å². The number of nitrogens with zero attached hydrogens (tertiary/aromatic N) is 1. The van der Waals surface area contributed by atoms with Crippen LogP contribution in [0.25, 0.3) is 0 Å². The first kappa shape index (κ1) is 16.0. The van der Waals surface area contributed by atoms with Gasteiger partial charge in [-0.3, -0.25) is 4.98 Å². The standard InChI is InChI=1S/C8H7ClF3NO.C2H7N/c1-14-6-3-13-5(2-4(6)9)7(10)8(11)12;1-2-3/h2-3,7-8H,1H3;2-3H2,1H3. The van der Waals surface area contributed by atoms with E-state index in [1.165, 1.54) is 7.11 Å². The van der Waals surface area contributed by atoms with Gasteiger partial charge in [0.05, 0.1) is 24.0 Å². The van der Waals surface area contributed by atoms with Gasteiger partial charge < -0.3 is 10.5 Å². The maximum atomic E-state index is 12.8. The zero-order valence-corrected chi connectivity index (χ0v) is 10.2.